The molecule has 2 aromatic heterocycles. The molecule has 3 aromatic rings. The van der Waals surface area contributed by atoms with Crippen molar-refractivity contribution in [1.82, 2.24) is 9.97 Å². The van der Waals surface area contributed by atoms with E-state index in [9.17, 15) is 0 Å². The maximum atomic E-state index is 4.35. The molecule has 2 heterocycles. The Bertz CT molecular complexity index is 553. The molecule has 0 saturated heterocycles. The van der Waals surface area contributed by atoms with Gasteiger partial charge in [0, 0.05) is 23.2 Å². The maximum absolute atomic E-state index is 4.35. The summed E-state index contributed by atoms with van der Waals surface area (Å²) < 4.78 is 0. The molecule has 15 heavy (non-hydrogen) atoms. The number of hydrogen-bond acceptors (Lipinski definition) is 2. The van der Waals surface area contributed by atoms with E-state index in [1.54, 1.807) is 12.4 Å². The summed E-state index contributed by atoms with van der Waals surface area (Å²) in [5.41, 5.74) is 1.95. The average molecular weight is 281 g/mol. The first-order valence-corrected chi connectivity index (χ1v) is 4.53. The zero-order chi connectivity index (χ0) is 9.38. The molecule has 0 aliphatic carbocycles. The van der Waals surface area contributed by atoms with Crippen molar-refractivity contribution in [2.45, 2.75) is 0 Å². The Morgan fingerprint density at radius 3 is 1.60 bits per heavy atom. The number of hydrogen-bond donors (Lipinski definition) is 0. The molecule has 0 aliphatic heterocycles. The first kappa shape index (κ1) is 10.2. The molecule has 1 radical (unpaired) electrons. The Labute approximate surface area is 100 Å². The molecule has 0 unspecified atom stereocenters. The van der Waals surface area contributed by atoms with Crippen molar-refractivity contribution in [3.05, 3.63) is 48.8 Å². The van der Waals surface area contributed by atoms with Crippen LogP contribution < -0.4 is 0 Å². The van der Waals surface area contributed by atoms with Crippen LogP contribution >= 0.6 is 0 Å². The molecule has 3 heteroatoms. The van der Waals surface area contributed by atoms with Gasteiger partial charge in [-0.25, -0.2) is 0 Å². The van der Waals surface area contributed by atoms with Gasteiger partial charge in [-0.1, -0.05) is 24.3 Å². The monoisotopic (exact) mass is 282 g/mol. The van der Waals surface area contributed by atoms with Crippen molar-refractivity contribution in [2.75, 3.05) is 0 Å². The molecule has 3 rings (SSSR count). The molecule has 1 aromatic carbocycles. The van der Waals surface area contributed by atoms with Gasteiger partial charge < -0.3 is 0 Å². The predicted octanol–water partition coefficient (Wildman–Crippen LogP) is 2.78. The van der Waals surface area contributed by atoms with Gasteiger partial charge in [-0.2, -0.15) is 0 Å². The Morgan fingerprint density at radius 2 is 1.13 bits per heavy atom. The average Bonchev–Trinajstić information content (AvgIpc) is 2.29. The van der Waals surface area contributed by atoms with Gasteiger partial charge in [-0.15, -0.1) is 0 Å². The van der Waals surface area contributed by atoms with Crippen LogP contribution in [0.25, 0.3) is 21.8 Å². The van der Waals surface area contributed by atoms with Gasteiger partial charge in [0.15, 0.2) is 0 Å². The van der Waals surface area contributed by atoms with Crippen LogP contribution in [0.2, 0.25) is 0 Å². The van der Waals surface area contributed by atoms with E-state index in [1.807, 2.05) is 12.1 Å². The fourth-order valence-corrected chi connectivity index (χ4v) is 1.68. The van der Waals surface area contributed by atoms with Crippen molar-refractivity contribution in [3.63, 3.8) is 0 Å². The van der Waals surface area contributed by atoms with Crippen LogP contribution in [0.4, 0.5) is 0 Å². The number of pyridine rings is 2. The van der Waals surface area contributed by atoms with E-state index in [4.69, 9.17) is 0 Å². The first-order chi connectivity index (χ1) is 6.95. The quantitative estimate of drug-likeness (QED) is 0.468. The van der Waals surface area contributed by atoms with Gasteiger partial charge in [0.2, 0.25) is 0 Å². The van der Waals surface area contributed by atoms with Crippen molar-refractivity contribution in [1.29, 1.82) is 0 Å². The number of aromatic nitrogens is 2. The molecule has 0 amide bonds. The largest absolute Gasteiger partial charge is 3.00 e. The Kier molecular flexibility index (Phi) is 2.74. The Balaban J connectivity index is 0.000000853. The molecular weight excluding hydrogens is 273 g/mol. The van der Waals surface area contributed by atoms with Crippen LogP contribution in [0, 0.1) is 0 Å². The summed E-state index contributed by atoms with van der Waals surface area (Å²) in [7, 11) is 0. The normalized spacial score (nSPS) is 10.1. The van der Waals surface area contributed by atoms with E-state index in [0.29, 0.717) is 0 Å². The van der Waals surface area contributed by atoms with Crippen LogP contribution in [0.3, 0.4) is 0 Å². The molecule has 2 nitrogen and oxygen atoms in total. The molecule has 0 spiro atoms. The molecule has 0 bridgehead atoms. The maximum Gasteiger partial charge on any atom is 3.00 e. The fourth-order valence-electron chi connectivity index (χ4n) is 1.68. The summed E-state index contributed by atoms with van der Waals surface area (Å²) in [6, 6.07) is 12.1. The minimum Gasteiger partial charge on any atom is -0.254 e. The van der Waals surface area contributed by atoms with Crippen LogP contribution in [-0.4, -0.2) is 9.97 Å². The van der Waals surface area contributed by atoms with Gasteiger partial charge in [0.1, 0.15) is 0 Å². The number of rotatable bonds is 0. The van der Waals surface area contributed by atoms with E-state index >= 15 is 0 Å². The van der Waals surface area contributed by atoms with Gasteiger partial charge >= 0.3 is 19.5 Å². The van der Waals surface area contributed by atoms with Crippen LogP contribution in [0.15, 0.2) is 48.8 Å². The second kappa shape index (κ2) is 4.03. The van der Waals surface area contributed by atoms with Gasteiger partial charge in [0.25, 0.3) is 0 Å². The van der Waals surface area contributed by atoms with Gasteiger partial charge in [-0.3, -0.25) is 9.97 Å². The Hall–Kier alpha value is -1.34. The van der Waals surface area contributed by atoms with Crippen molar-refractivity contribution in [2.24, 2.45) is 0 Å². The third kappa shape index (κ3) is 1.64. The third-order valence-corrected chi connectivity index (χ3v) is 2.34. The molecule has 0 atom stereocenters. The minimum atomic E-state index is 0. The zero-order valence-corrected chi connectivity index (χ0v) is 9.60. The smallest absolute Gasteiger partial charge is 0.254 e. The SMILES string of the molecule is [Ru+3].c1cnc2c(c1)ccc1cccnc12. The van der Waals surface area contributed by atoms with Crippen molar-refractivity contribution in [3.8, 4) is 0 Å². The van der Waals surface area contributed by atoms with Gasteiger partial charge in [0.05, 0.1) is 11.0 Å². The molecule has 0 fully saturated rings. The van der Waals surface area contributed by atoms with E-state index in [-0.39, 0.29) is 19.5 Å². The van der Waals surface area contributed by atoms with Gasteiger partial charge in [-0.05, 0) is 12.1 Å². The zero-order valence-electron chi connectivity index (χ0n) is 7.87. The van der Waals surface area contributed by atoms with Crippen molar-refractivity contribution >= 4 is 21.8 Å². The summed E-state index contributed by atoms with van der Waals surface area (Å²) in [4.78, 5) is 8.69. The minimum absolute atomic E-state index is 0. The first-order valence-electron chi connectivity index (χ1n) is 4.53. The summed E-state index contributed by atoms with van der Waals surface area (Å²) >= 11 is 0. The Morgan fingerprint density at radius 1 is 0.667 bits per heavy atom. The predicted molar refractivity (Wildman–Crippen MR) is 57.0 cm³/mol. The van der Waals surface area contributed by atoms with Crippen LogP contribution in [0.5, 0.6) is 0 Å². The van der Waals surface area contributed by atoms with Crippen molar-refractivity contribution < 1.29 is 19.5 Å². The van der Waals surface area contributed by atoms with E-state index < -0.39 is 0 Å². The molecular formula is C12H8N2Ru+3. The van der Waals surface area contributed by atoms with E-state index in [2.05, 4.69) is 34.2 Å². The molecule has 0 N–H and O–H groups in total. The molecule has 0 aliphatic rings. The molecule has 0 saturated carbocycles. The summed E-state index contributed by atoms with van der Waals surface area (Å²) in [5.74, 6) is 0. The van der Waals surface area contributed by atoms with E-state index in [1.165, 1.54) is 0 Å². The topological polar surface area (TPSA) is 25.8 Å². The molecule has 71 valence electrons. The third-order valence-electron chi connectivity index (χ3n) is 2.34. The summed E-state index contributed by atoms with van der Waals surface area (Å²) in [6.07, 6.45) is 3.60. The summed E-state index contributed by atoms with van der Waals surface area (Å²) in [5, 5.41) is 2.28. The second-order valence-corrected chi connectivity index (χ2v) is 3.22. The van der Waals surface area contributed by atoms with E-state index in [0.717, 1.165) is 21.8 Å². The van der Waals surface area contributed by atoms with Crippen LogP contribution in [0.1, 0.15) is 0 Å². The number of benzene rings is 1. The number of nitrogens with zero attached hydrogens (tertiary/aromatic N) is 2. The van der Waals surface area contributed by atoms with Crippen LogP contribution in [-0.2, 0) is 19.5 Å². The fraction of sp³-hybridized carbons (Fsp3) is 0. The standard InChI is InChI=1S/C12H8N2.Ru/c1-3-9-5-6-10-4-2-8-14-12(10)11(9)13-7-1;/h1-8H;/q;+3. The summed E-state index contributed by atoms with van der Waals surface area (Å²) in [6.45, 7) is 0. The second-order valence-electron chi connectivity index (χ2n) is 3.22. The number of fused-ring (bicyclic) bond motifs is 3.